The van der Waals surface area contributed by atoms with E-state index in [-0.39, 0.29) is 18.9 Å². The second-order valence-electron chi connectivity index (χ2n) is 23.0. The van der Waals surface area contributed by atoms with Crippen LogP contribution in [0.2, 0.25) is 0 Å². The molecular formula is C92H63N5O9. The van der Waals surface area contributed by atoms with Crippen LogP contribution in [0, 0.1) is 178 Å². The molecule has 10 rings (SSSR count). The number of aliphatic hydroxyl groups excluding tert-OH is 3. The Morgan fingerprint density at radius 1 is 0.453 bits per heavy atom. The number of fused-ring (bicyclic) bond motifs is 2. The summed E-state index contributed by atoms with van der Waals surface area (Å²) >= 11 is 0. The molecule has 0 bridgehead atoms. The van der Waals surface area contributed by atoms with Crippen LogP contribution in [0.1, 0.15) is 87.9 Å². The third-order valence-corrected chi connectivity index (χ3v) is 15.4. The molecule has 0 spiro atoms. The van der Waals surface area contributed by atoms with Crippen molar-refractivity contribution in [2.75, 3.05) is 6.61 Å². The predicted molar refractivity (Wildman–Crippen MR) is 407 cm³/mol. The number of cyclic esters (lactones) is 1. The number of ketones is 1. The minimum absolute atomic E-state index is 0.00399. The molecule has 3 N–H and O–H groups in total. The van der Waals surface area contributed by atoms with Crippen molar-refractivity contribution in [1.82, 2.24) is 23.7 Å². The molecule has 0 radical (unpaired) electrons. The van der Waals surface area contributed by atoms with Crippen LogP contribution in [0.5, 0.6) is 0 Å². The zero-order valence-corrected chi connectivity index (χ0v) is 58.4. The Balaban J connectivity index is 0.000000205. The number of carbonyl (C=O) groups excluding carboxylic acids is 3. The quantitative estimate of drug-likeness (QED) is 0.0785. The van der Waals surface area contributed by atoms with Gasteiger partial charge in [-0.15, -0.1) is 0 Å². The molecule has 2 amide bonds. The van der Waals surface area contributed by atoms with Crippen molar-refractivity contribution in [2.45, 2.75) is 89.8 Å². The lowest BCUT2D eigenvalue weighted by Gasteiger charge is -2.37. The number of carbonyl (C=O) groups is 3. The van der Waals surface area contributed by atoms with Gasteiger partial charge in [0.25, 0.3) is 5.91 Å². The topological polar surface area (TPSA) is 177 Å². The zero-order chi connectivity index (χ0) is 75.3. The van der Waals surface area contributed by atoms with Gasteiger partial charge in [-0.05, 0) is 199 Å². The van der Waals surface area contributed by atoms with Crippen molar-refractivity contribution in [3.8, 4) is 200 Å². The molecule has 0 unspecified atom stereocenters. The Labute approximate surface area is 618 Å². The number of benzene rings is 5. The first-order valence-corrected chi connectivity index (χ1v) is 32.5. The summed E-state index contributed by atoms with van der Waals surface area (Å²) in [5, 5.41) is 32.3. The Morgan fingerprint density at radius 3 is 1.10 bits per heavy atom. The van der Waals surface area contributed by atoms with Crippen LogP contribution in [0.15, 0.2) is 201 Å². The number of aliphatic hydroxyl groups is 3. The van der Waals surface area contributed by atoms with E-state index >= 15 is 0 Å². The average Bonchev–Trinajstić information content (AvgIpc) is 1.57. The van der Waals surface area contributed by atoms with Crippen LogP contribution in [0.3, 0.4) is 0 Å². The molecular weight excluding hydrogens is 1320 g/mol. The van der Waals surface area contributed by atoms with Crippen molar-refractivity contribution in [3.05, 3.63) is 229 Å². The van der Waals surface area contributed by atoms with Gasteiger partial charge >= 0.3 is 6.09 Å². The maximum atomic E-state index is 14.5. The molecule has 510 valence electrons. The molecule has 9 aromatic rings. The normalized spacial score (nSPS) is 12.8. The molecule has 4 aromatic heterocycles. The Hall–Kier alpha value is -14.7. The number of aromatic nitrogens is 4. The summed E-state index contributed by atoms with van der Waals surface area (Å²) in [5.41, 5.74) is 3.90. The minimum atomic E-state index is -1.90. The second kappa shape index (κ2) is 39.9. The summed E-state index contributed by atoms with van der Waals surface area (Å²) < 4.78 is 21.5. The number of ether oxygens (including phenoxy) is 3. The van der Waals surface area contributed by atoms with E-state index in [1.54, 1.807) is 73.4 Å². The molecule has 1 saturated heterocycles. The highest BCUT2D eigenvalue weighted by Gasteiger charge is 2.57. The van der Waals surface area contributed by atoms with E-state index in [2.05, 4.69) is 188 Å². The predicted octanol–water partition coefficient (Wildman–Crippen LogP) is 11.2. The van der Waals surface area contributed by atoms with E-state index in [0.29, 0.717) is 17.0 Å². The summed E-state index contributed by atoms with van der Waals surface area (Å²) in [6.45, 7) is 9.26. The van der Waals surface area contributed by atoms with Gasteiger partial charge in [0.05, 0.1) is 24.6 Å². The average molecular weight is 1380 g/mol. The van der Waals surface area contributed by atoms with E-state index < -0.39 is 59.4 Å². The number of imidazole rings is 2. The summed E-state index contributed by atoms with van der Waals surface area (Å²) in [6.07, 6.45) is 3.28. The number of amides is 2. The van der Waals surface area contributed by atoms with Crippen LogP contribution in [-0.4, -0.2) is 80.2 Å². The molecule has 5 aromatic carbocycles. The van der Waals surface area contributed by atoms with Gasteiger partial charge in [0.1, 0.15) is 41.8 Å². The molecule has 0 aliphatic carbocycles. The standard InChI is InChI=1S/C35H33N3O5.C32H6.C25H24N2O4/c1-34(2)30(27-14-8-5-9-15-27)38(33(41)43-34)32(40)35(3,31(39)28-22-37-21-11-10-16-29(37)36-28)42-23-24-17-19-26(20-18-24)25-12-6-4-7-13-25;1-3-5-7-9-11-13-15-17-19-21-23-25-27-29-31-32-30-28-26-24-22-20-18-16-14-12-10-8-6-4-2;1-25(22(29)16-28,24(30)21-15-27-14-6-5-9-23(27)26-21)31-17-18-10-12-20(13-11-18)19-7-3-2-4-8-19/h4-22,30-31,39H,23H2,1-3H3;1-2H3;2-15,24,28,30H,16-17H2,1H3/t30-,31-,35-;;24-,25+/m0.0/s1. The monoisotopic (exact) mass is 1380 g/mol. The van der Waals surface area contributed by atoms with Crippen LogP contribution < -0.4 is 0 Å². The van der Waals surface area contributed by atoms with Crippen LogP contribution >= 0.6 is 0 Å². The smallest absolute Gasteiger partial charge is 0.417 e. The third kappa shape index (κ3) is 22.1. The van der Waals surface area contributed by atoms with Crippen molar-refractivity contribution < 1.29 is 43.9 Å². The fourth-order valence-corrected chi connectivity index (χ4v) is 10.1. The van der Waals surface area contributed by atoms with Gasteiger partial charge in [-0.25, -0.2) is 19.7 Å². The van der Waals surface area contributed by atoms with Crippen LogP contribution in [0.25, 0.3) is 33.5 Å². The zero-order valence-electron chi connectivity index (χ0n) is 58.4. The minimum Gasteiger partial charge on any atom is -0.440 e. The van der Waals surface area contributed by atoms with Crippen LogP contribution in [-0.2, 0) is 37.0 Å². The highest BCUT2D eigenvalue weighted by Crippen LogP contribution is 2.45. The largest absolute Gasteiger partial charge is 0.440 e. The van der Waals surface area contributed by atoms with Gasteiger partial charge in [-0.1, -0.05) is 164 Å². The molecule has 1 aliphatic heterocycles. The van der Waals surface area contributed by atoms with Gasteiger partial charge in [0.2, 0.25) is 0 Å². The first kappa shape index (κ1) is 77.0. The molecule has 0 saturated carbocycles. The lowest BCUT2D eigenvalue weighted by atomic mass is 9.88. The van der Waals surface area contributed by atoms with Gasteiger partial charge in [-0.2, -0.15) is 0 Å². The van der Waals surface area contributed by atoms with Gasteiger partial charge < -0.3 is 38.3 Å². The van der Waals surface area contributed by atoms with Crippen molar-refractivity contribution >= 4 is 29.1 Å². The third-order valence-electron chi connectivity index (χ3n) is 15.4. The molecule has 1 fully saturated rings. The van der Waals surface area contributed by atoms with E-state index in [0.717, 1.165) is 43.8 Å². The molecule has 14 nitrogen and oxygen atoms in total. The summed E-state index contributed by atoms with van der Waals surface area (Å²) in [5.74, 6) is 74.3. The SMILES string of the molecule is CC#CC#CC#CC#CC#CC#CC#CC#CC#CC#CC#CC#CC#CC#CC#CC.CC1(C)OC(=O)N(C(=O)[C@@](C)(OCc2ccc(-c3ccccc3)cc2)[C@@H](O)c2cn3ccccc3n2)[C@H]1c1ccccc1.C[C@@](OCc1ccc(-c2ccccc2)cc1)(C(=O)CO)[C@@H](O)c1cn2ccccc2n1. The molecule has 106 heavy (non-hydrogen) atoms. The van der Waals surface area contributed by atoms with E-state index in [4.69, 9.17) is 14.2 Å². The first-order chi connectivity index (χ1) is 51.6. The highest BCUT2D eigenvalue weighted by atomic mass is 16.6. The highest BCUT2D eigenvalue weighted by molar-refractivity contribution is 5.99. The van der Waals surface area contributed by atoms with Crippen molar-refractivity contribution in [1.29, 1.82) is 0 Å². The summed E-state index contributed by atoms with van der Waals surface area (Å²) in [7, 11) is 0. The van der Waals surface area contributed by atoms with E-state index in [1.807, 2.05) is 164 Å². The number of pyridine rings is 2. The van der Waals surface area contributed by atoms with Crippen molar-refractivity contribution in [3.63, 3.8) is 0 Å². The molecule has 1 aliphatic rings. The fourth-order valence-electron chi connectivity index (χ4n) is 10.1. The number of rotatable bonds is 16. The first-order valence-electron chi connectivity index (χ1n) is 32.5. The van der Waals surface area contributed by atoms with Crippen molar-refractivity contribution in [2.24, 2.45) is 0 Å². The molecule has 5 heterocycles. The maximum Gasteiger partial charge on any atom is 0.417 e. The van der Waals surface area contributed by atoms with Crippen LogP contribution in [0.4, 0.5) is 4.79 Å². The van der Waals surface area contributed by atoms with Gasteiger partial charge in [0, 0.05) is 95.8 Å². The number of nitrogens with zero attached hydrogens (tertiary/aromatic N) is 5. The van der Waals surface area contributed by atoms with Gasteiger partial charge in [0.15, 0.2) is 17.0 Å². The van der Waals surface area contributed by atoms with Gasteiger partial charge in [-0.3, -0.25) is 9.59 Å². The fraction of sp³-hybridized carbons (Fsp3) is 0.163. The number of hydrogen-bond donors (Lipinski definition) is 3. The summed E-state index contributed by atoms with van der Waals surface area (Å²) in [4.78, 5) is 50.5. The van der Waals surface area contributed by atoms with E-state index in [9.17, 15) is 29.7 Å². The summed E-state index contributed by atoms with van der Waals surface area (Å²) in [6, 6.07) is 55.1. The lowest BCUT2D eigenvalue weighted by molar-refractivity contribution is -0.175. The molecule has 14 heteroatoms. The maximum absolute atomic E-state index is 14.5. The number of hydrogen-bond acceptors (Lipinski definition) is 11. The Morgan fingerprint density at radius 2 is 0.764 bits per heavy atom. The number of imide groups is 1. The Bertz CT molecular complexity index is 5560. The lowest BCUT2D eigenvalue weighted by Crippen LogP contribution is -2.54. The second-order valence-corrected chi connectivity index (χ2v) is 23.0. The Kier molecular flexibility index (Phi) is 29.0. The van der Waals surface area contributed by atoms with E-state index in [1.165, 1.54) is 13.8 Å². The number of Topliss-reactive ketones (excluding diaryl/α,β-unsaturated/α-hetero) is 1. The molecule has 5 atom stereocenters.